The fourth-order valence-electron chi connectivity index (χ4n) is 5.40. The summed E-state index contributed by atoms with van der Waals surface area (Å²) in [6.45, 7) is -1.80. The van der Waals surface area contributed by atoms with E-state index in [4.69, 9.17) is 30.5 Å². The molecule has 20 heteroatoms. The van der Waals surface area contributed by atoms with Gasteiger partial charge in [0.25, 0.3) is 5.91 Å². The Labute approximate surface area is 329 Å². The van der Waals surface area contributed by atoms with Gasteiger partial charge in [0.15, 0.2) is 6.61 Å². The van der Waals surface area contributed by atoms with Gasteiger partial charge in [0.1, 0.15) is 17.5 Å². The number of esters is 1. The lowest BCUT2D eigenvalue weighted by Crippen LogP contribution is -2.45. The summed E-state index contributed by atoms with van der Waals surface area (Å²) in [6.07, 6.45) is -3.35. The topological polar surface area (TPSA) is 204 Å². The molecular weight excluding hydrogens is 777 g/mol. The highest BCUT2D eigenvalue weighted by molar-refractivity contribution is 6.35. The Bertz CT molecular complexity index is 2070. The van der Waals surface area contributed by atoms with E-state index in [0.717, 1.165) is 12.7 Å². The van der Waals surface area contributed by atoms with Crippen molar-refractivity contribution in [2.24, 2.45) is 0 Å². The van der Waals surface area contributed by atoms with Gasteiger partial charge in [-0.25, -0.2) is 4.79 Å². The summed E-state index contributed by atoms with van der Waals surface area (Å²) in [5.41, 5.74) is 1.40. The van der Waals surface area contributed by atoms with Crippen LogP contribution in [-0.2, 0) is 31.2 Å². The highest BCUT2D eigenvalue weighted by Crippen LogP contribution is 2.48. The first-order valence-electron chi connectivity index (χ1n) is 17.2. The SMILES string of the molecule is COC(=O)[C@H](CCNC(=O)C(=O)NCc1ccc(OC)cc1OC)NC(=O)c1ccc(Nc2nc(NC3(c4ccc(Cl)cc4)CC3)nc(OCC(F)(F)F)n2)cc1. The molecule has 3 amide bonds. The van der Waals surface area contributed by atoms with Crippen molar-refractivity contribution in [2.75, 3.05) is 45.1 Å². The average Bonchev–Trinajstić information content (AvgIpc) is 3.98. The van der Waals surface area contributed by atoms with E-state index in [1.807, 2.05) is 12.1 Å². The van der Waals surface area contributed by atoms with Crippen LogP contribution in [0.15, 0.2) is 66.7 Å². The molecule has 0 aliphatic heterocycles. The standard InChI is InChI=1S/C37H38ClF3N8O8/c1-54-26-13-6-22(28(18-26)55-2)19-43-31(52)30(51)42-17-14-27(32(53)56-3)45-29(50)21-4-11-25(12-5-21)44-33-46-34(48-35(47-33)57-20-37(39,40)41)49-36(15-16-36)23-7-9-24(38)10-8-23/h4-13,18,27H,14-17,19-20H2,1-3H3,(H,42,51)(H,43,52)(H,45,50)(H2,44,46,47,48,49)/t27-/m0/s1. The number of methoxy groups -OCH3 is 3. The van der Waals surface area contributed by atoms with Crippen LogP contribution in [0.3, 0.4) is 0 Å². The fourth-order valence-corrected chi connectivity index (χ4v) is 5.53. The maximum absolute atomic E-state index is 13.1. The number of carbonyl (C=O) groups is 4. The third-order valence-electron chi connectivity index (χ3n) is 8.53. The van der Waals surface area contributed by atoms with Crippen molar-refractivity contribution in [3.63, 3.8) is 0 Å². The second kappa shape index (κ2) is 18.5. The summed E-state index contributed by atoms with van der Waals surface area (Å²) in [5, 5.41) is 14.0. The van der Waals surface area contributed by atoms with Crippen molar-refractivity contribution in [1.82, 2.24) is 30.9 Å². The number of aromatic nitrogens is 3. The van der Waals surface area contributed by atoms with Crippen LogP contribution in [0.4, 0.5) is 30.8 Å². The van der Waals surface area contributed by atoms with Gasteiger partial charge in [-0.3, -0.25) is 14.4 Å². The summed E-state index contributed by atoms with van der Waals surface area (Å²) in [5.74, 6) is -2.53. The smallest absolute Gasteiger partial charge is 0.422 e. The number of hydrogen-bond donors (Lipinski definition) is 5. The number of benzene rings is 3. The first kappa shape index (κ1) is 41.8. The summed E-state index contributed by atoms with van der Waals surface area (Å²) < 4.78 is 59.0. The van der Waals surface area contributed by atoms with E-state index in [-0.39, 0.29) is 37.0 Å². The van der Waals surface area contributed by atoms with Crippen LogP contribution in [-0.4, -0.2) is 85.3 Å². The van der Waals surface area contributed by atoms with Crippen LogP contribution in [0.5, 0.6) is 17.5 Å². The molecule has 0 bridgehead atoms. The Hall–Kier alpha value is -6.37. The Morgan fingerprint density at radius 2 is 1.54 bits per heavy atom. The number of anilines is 3. The molecule has 0 spiro atoms. The van der Waals surface area contributed by atoms with Gasteiger partial charge in [0, 0.05) is 41.0 Å². The van der Waals surface area contributed by atoms with E-state index in [1.165, 1.54) is 38.5 Å². The fraction of sp³-hybridized carbons (Fsp3) is 0.324. The molecule has 5 N–H and O–H groups in total. The van der Waals surface area contributed by atoms with E-state index in [1.54, 1.807) is 30.3 Å². The van der Waals surface area contributed by atoms with E-state index in [2.05, 4.69) is 41.5 Å². The highest BCUT2D eigenvalue weighted by atomic mass is 35.5. The summed E-state index contributed by atoms with van der Waals surface area (Å²) in [4.78, 5) is 62.8. The van der Waals surface area contributed by atoms with Crippen molar-refractivity contribution in [3.8, 4) is 17.5 Å². The number of alkyl halides is 3. The number of halogens is 4. The average molecular weight is 815 g/mol. The maximum Gasteiger partial charge on any atom is 0.422 e. The number of hydrogen-bond acceptors (Lipinski definition) is 13. The van der Waals surface area contributed by atoms with E-state index >= 15 is 0 Å². The lowest BCUT2D eigenvalue weighted by molar-refractivity contribution is -0.154. The van der Waals surface area contributed by atoms with E-state index in [0.29, 0.717) is 40.6 Å². The van der Waals surface area contributed by atoms with Gasteiger partial charge in [-0.15, -0.1) is 0 Å². The van der Waals surface area contributed by atoms with Gasteiger partial charge >= 0.3 is 30.0 Å². The monoisotopic (exact) mass is 814 g/mol. The minimum atomic E-state index is -4.64. The molecule has 302 valence electrons. The quantitative estimate of drug-likeness (QED) is 0.0741. The molecule has 4 aromatic rings. The van der Waals surface area contributed by atoms with Gasteiger partial charge in [-0.1, -0.05) is 23.7 Å². The van der Waals surface area contributed by atoms with Crippen molar-refractivity contribution in [3.05, 3.63) is 88.4 Å². The van der Waals surface area contributed by atoms with Gasteiger partial charge in [0.2, 0.25) is 11.9 Å². The van der Waals surface area contributed by atoms with Gasteiger partial charge in [-0.05, 0) is 73.4 Å². The zero-order chi connectivity index (χ0) is 41.2. The molecule has 5 rings (SSSR count). The molecule has 57 heavy (non-hydrogen) atoms. The molecule has 1 atom stereocenters. The summed E-state index contributed by atoms with van der Waals surface area (Å²) in [6, 6.07) is 16.1. The predicted molar refractivity (Wildman–Crippen MR) is 199 cm³/mol. The first-order valence-corrected chi connectivity index (χ1v) is 17.6. The summed E-state index contributed by atoms with van der Waals surface area (Å²) >= 11 is 6.03. The minimum Gasteiger partial charge on any atom is -0.497 e. The summed E-state index contributed by atoms with van der Waals surface area (Å²) in [7, 11) is 4.08. The van der Waals surface area contributed by atoms with Crippen LogP contribution < -0.4 is 40.8 Å². The molecule has 0 unspecified atom stereocenters. The van der Waals surface area contributed by atoms with Crippen LogP contribution in [0.1, 0.15) is 40.7 Å². The predicted octanol–water partition coefficient (Wildman–Crippen LogP) is 4.42. The molecule has 1 aromatic heterocycles. The second-order valence-electron chi connectivity index (χ2n) is 12.5. The number of nitrogens with zero attached hydrogens (tertiary/aromatic N) is 3. The van der Waals surface area contributed by atoms with Crippen molar-refractivity contribution in [1.29, 1.82) is 0 Å². The van der Waals surface area contributed by atoms with Crippen LogP contribution in [0.2, 0.25) is 5.02 Å². The van der Waals surface area contributed by atoms with Gasteiger partial charge in [0.05, 0.1) is 26.9 Å². The Morgan fingerprint density at radius 1 is 0.860 bits per heavy atom. The lowest BCUT2D eigenvalue weighted by Gasteiger charge is -2.19. The van der Waals surface area contributed by atoms with Gasteiger partial charge in [-0.2, -0.15) is 28.1 Å². The van der Waals surface area contributed by atoms with E-state index < -0.39 is 54.1 Å². The van der Waals surface area contributed by atoms with Crippen molar-refractivity contribution >= 4 is 52.9 Å². The Balaban J connectivity index is 1.18. The number of carbonyl (C=O) groups excluding carboxylic acids is 4. The Kier molecular flexibility index (Phi) is 13.6. The van der Waals surface area contributed by atoms with Crippen LogP contribution in [0.25, 0.3) is 0 Å². The molecule has 1 fully saturated rings. The zero-order valence-electron chi connectivity index (χ0n) is 30.8. The molecule has 0 radical (unpaired) electrons. The second-order valence-corrected chi connectivity index (χ2v) is 13.0. The van der Waals surface area contributed by atoms with Crippen LogP contribution >= 0.6 is 11.6 Å². The largest absolute Gasteiger partial charge is 0.497 e. The maximum atomic E-state index is 13.1. The van der Waals surface area contributed by atoms with Gasteiger partial charge < -0.3 is 45.5 Å². The van der Waals surface area contributed by atoms with Crippen molar-refractivity contribution < 1.29 is 51.3 Å². The third-order valence-corrected chi connectivity index (χ3v) is 8.78. The molecule has 0 saturated heterocycles. The number of rotatable bonds is 17. The third kappa shape index (κ3) is 11.8. The zero-order valence-corrected chi connectivity index (χ0v) is 31.5. The molecule has 3 aromatic carbocycles. The van der Waals surface area contributed by atoms with Crippen molar-refractivity contribution in [2.45, 2.75) is 43.6 Å². The molecular formula is C37H38ClF3N8O8. The number of amides is 3. The molecule has 1 aliphatic carbocycles. The molecule has 1 saturated carbocycles. The molecule has 1 aliphatic rings. The van der Waals surface area contributed by atoms with Crippen LogP contribution in [0, 0.1) is 0 Å². The Morgan fingerprint density at radius 3 is 2.18 bits per heavy atom. The highest BCUT2D eigenvalue weighted by Gasteiger charge is 2.45. The lowest BCUT2D eigenvalue weighted by atomic mass is 10.1. The number of ether oxygens (including phenoxy) is 4. The van der Waals surface area contributed by atoms with E-state index in [9.17, 15) is 32.3 Å². The molecule has 1 heterocycles. The molecule has 16 nitrogen and oxygen atoms in total. The normalized spacial score (nSPS) is 13.3. The number of nitrogens with one attached hydrogen (secondary N) is 5. The minimum absolute atomic E-state index is 0.00836. The first-order chi connectivity index (χ1) is 27.2.